The lowest BCUT2D eigenvalue weighted by Gasteiger charge is -2.21. The van der Waals surface area contributed by atoms with E-state index in [2.05, 4.69) is 14.8 Å². The fraction of sp³-hybridized carbons (Fsp3) is 0.364. The van der Waals surface area contributed by atoms with Gasteiger partial charge in [-0.25, -0.2) is 4.79 Å². The van der Waals surface area contributed by atoms with Crippen LogP contribution in [-0.4, -0.2) is 18.5 Å². The zero-order valence-corrected chi connectivity index (χ0v) is 9.59. The van der Waals surface area contributed by atoms with Crippen molar-refractivity contribution in [3.63, 3.8) is 0 Å². The standard InChI is InChI=1S/C11H11F2N3O2/c1-2-18-10(17)11(12,13)9(15-16-14)8-6-4-3-5-7-8/h3-7,9H,2H2,1H3. The number of ether oxygens (including phenoxy) is 1. The largest absolute Gasteiger partial charge is 0.462 e. The van der Waals surface area contributed by atoms with Gasteiger partial charge in [0.2, 0.25) is 0 Å². The van der Waals surface area contributed by atoms with Gasteiger partial charge in [-0.15, -0.1) is 0 Å². The Morgan fingerprint density at radius 3 is 2.61 bits per heavy atom. The monoisotopic (exact) mass is 255 g/mol. The van der Waals surface area contributed by atoms with Crippen LogP contribution in [0.4, 0.5) is 8.78 Å². The van der Waals surface area contributed by atoms with Crippen molar-refractivity contribution in [3.8, 4) is 0 Å². The molecule has 0 fully saturated rings. The summed E-state index contributed by atoms with van der Waals surface area (Å²) in [6.45, 7) is 1.24. The molecule has 1 atom stereocenters. The smallest absolute Gasteiger partial charge is 0.377 e. The molecule has 0 radical (unpaired) electrons. The minimum Gasteiger partial charge on any atom is -0.462 e. The van der Waals surface area contributed by atoms with Crippen molar-refractivity contribution < 1.29 is 18.3 Å². The topological polar surface area (TPSA) is 75.1 Å². The summed E-state index contributed by atoms with van der Waals surface area (Å²) in [5.74, 6) is -5.60. The number of azide groups is 1. The Hall–Kier alpha value is -2.14. The van der Waals surface area contributed by atoms with Gasteiger partial charge < -0.3 is 4.74 Å². The van der Waals surface area contributed by atoms with E-state index in [0.717, 1.165) is 0 Å². The van der Waals surface area contributed by atoms with Crippen molar-refractivity contribution in [2.75, 3.05) is 6.61 Å². The van der Waals surface area contributed by atoms with Gasteiger partial charge in [-0.3, -0.25) is 0 Å². The molecule has 1 rings (SSSR count). The summed E-state index contributed by atoms with van der Waals surface area (Å²) in [5.41, 5.74) is 8.40. The molecule has 18 heavy (non-hydrogen) atoms. The van der Waals surface area contributed by atoms with Gasteiger partial charge in [0.25, 0.3) is 0 Å². The lowest BCUT2D eigenvalue weighted by atomic mass is 10.0. The average molecular weight is 255 g/mol. The second-order valence-corrected chi connectivity index (χ2v) is 3.36. The Balaban J connectivity index is 3.13. The number of hydrogen-bond donors (Lipinski definition) is 0. The van der Waals surface area contributed by atoms with Crippen LogP contribution in [-0.2, 0) is 9.53 Å². The molecule has 0 saturated carbocycles. The zero-order valence-electron chi connectivity index (χ0n) is 9.59. The van der Waals surface area contributed by atoms with Crippen molar-refractivity contribution in [2.24, 2.45) is 5.11 Å². The quantitative estimate of drug-likeness (QED) is 0.350. The Morgan fingerprint density at radius 2 is 2.11 bits per heavy atom. The van der Waals surface area contributed by atoms with E-state index in [-0.39, 0.29) is 12.2 Å². The molecule has 1 aromatic carbocycles. The lowest BCUT2D eigenvalue weighted by molar-refractivity contribution is -0.174. The Morgan fingerprint density at radius 1 is 1.50 bits per heavy atom. The van der Waals surface area contributed by atoms with Gasteiger partial charge in [-0.05, 0) is 18.0 Å². The van der Waals surface area contributed by atoms with Crippen LogP contribution < -0.4 is 0 Å². The summed E-state index contributed by atoms with van der Waals surface area (Å²) in [4.78, 5) is 13.6. The van der Waals surface area contributed by atoms with Crippen LogP contribution in [0.2, 0.25) is 0 Å². The van der Waals surface area contributed by atoms with Crippen LogP contribution in [0.3, 0.4) is 0 Å². The maximum Gasteiger partial charge on any atom is 0.377 e. The highest BCUT2D eigenvalue weighted by atomic mass is 19.3. The Kier molecular flexibility index (Phi) is 4.62. The number of nitrogens with zero attached hydrogens (tertiary/aromatic N) is 3. The molecule has 0 heterocycles. The average Bonchev–Trinajstić information content (AvgIpc) is 2.37. The van der Waals surface area contributed by atoms with Crippen LogP contribution in [0.5, 0.6) is 0 Å². The molecule has 96 valence electrons. The third kappa shape index (κ3) is 2.95. The first-order chi connectivity index (χ1) is 8.54. The molecule has 0 aliphatic carbocycles. The van der Waals surface area contributed by atoms with Crippen LogP contribution in [0.25, 0.3) is 10.4 Å². The van der Waals surface area contributed by atoms with Gasteiger partial charge in [-0.2, -0.15) is 8.78 Å². The number of halogens is 2. The van der Waals surface area contributed by atoms with Gasteiger partial charge in [0.1, 0.15) is 6.04 Å². The summed E-state index contributed by atoms with van der Waals surface area (Å²) in [6.07, 6.45) is 0. The molecule has 7 heteroatoms. The summed E-state index contributed by atoms with van der Waals surface area (Å²) in [6, 6.07) is 5.44. The van der Waals surface area contributed by atoms with Gasteiger partial charge in [0.15, 0.2) is 0 Å². The third-order valence-electron chi connectivity index (χ3n) is 2.17. The second kappa shape index (κ2) is 5.97. The van der Waals surface area contributed by atoms with E-state index in [4.69, 9.17) is 5.53 Å². The van der Waals surface area contributed by atoms with E-state index in [9.17, 15) is 13.6 Å². The summed E-state index contributed by atoms with van der Waals surface area (Å²) < 4.78 is 31.9. The summed E-state index contributed by atoms with van der Waals surface area (Å²) in [5, 5.41) is 3.00. The number of alkyl halides is 2. The first-order valence-electron chi connectivity index (χ1n) is 5.18. The highest BCUT2D eigenvalue weighted by molar-refractivity contribution is 5.79. The van der Waals surface area contributed by atoms with E-state index >= 15 is 0 Å². The molecule has 0 aliphatic heterocycles. The van der Waals surface area contributed by atoms with Crippen molar-refractivity contribution in [1.82, 2.24) is 0 Å². The molecular weight excluding hydrogens is 244 g/mol. The highest BCUT2D eigenvalue weighted by Gasteiger charge is 2.49. The molecule has 0 bridgehead atoms. The molecule has 5 nitrogen and oxygen atoms in total. The van der Waals surface area contributed by atoms with E-state index < -0.39 is 17.9 Å². The number of benzene rings is 1. The maximum atomic E-state index is 13.8. The molecule has 0 aromatic heterocycles. The Bertz CT molecular complexity index is 459. The van der Waals surface area contributed by atoms with E-state index in [1.165, 1.54) is 31.2 Å². The van der Waals surface area contributed by atoms with Crippen LogP contribution in [0, 0.1) is 0 Å². The maximum absolute atomic E-state index is 13.8. The first kappa shape index (κ1) is 13.9. The van der Waals surface area contributed by atoms with Gasteiger partial charge >= 0.3 is 11.9 Å². The predicted octanol–water partition coefficient (Wildman–Crippen LogP) is 3.24. The van der Waals surface area contributed by atoms with Crippen LogP contribution >= 0.6 is 0 Å². The summed E-state index contributed by atoms with van der Waals surface area (Å²) >= 11 is 0. The molecule has 0 spiro atoms. The predicted molar refractivity (Wildman–Crippen MR) is 59.9 cm³/mol. The molecule has 0 aliphatic rings. The minimum atomic E-state index is -3.90. The number of esters is 1. The van der Waals surface area contributed by atoms with Gasteiger partial charge in [-0.1, -0.05) is 35.4 Å². The van der Waals surface area contributed by atoms with Crippen molar-refractivity contribution >= 4 is 5.97 Å². The number of carbonyl (C=O) groups is 1. The lowest BCUT2D eigenvalue weighted by Crippen LogP contribution is -2.36. The fourth-order valence-electron chi connectivity index (χ4n) is 1.37. The van der Waals surface area contributed by atoms with E-state index in [1.807, 2.05) is 0 Å². The molecule has 0 amide bonds. The van der Waals surface area contributed by atoms with Crippen molar-refractivity contribution in [2.45, 2.75) is 18.9 Å². The van der Waals surface area contributed by atoms with Crippen molar-refractivity contribution in [1.29, 1.82) is 0 Å². The van der Waals surface area contributed by atoms with Crippen LogP contribution in [0.15, 0.2) is 35.4 Å². The Labute approximate surface area is 102 Å². The van der Waals surface area contributed by atoms with Gasteiger partial charge in [0.05, 0.1) is 6.61 Å². The molecule has 0 saturated heterocycles. The second-order valence-electron chi connectivity index (χ2n) is 3.36. The van der Waals surface area contributed by atoms with E-state index in [0.29, 0.717) is 0 Å². The zero-order chi connectivity index (χ0) is 13.6. The molecule has 1 unspecified atom stereocenters. The minimum absolute atomic E-state index is 0.0494. The molecule has 0 N–H and O–H groups in total. The molecule has 1 aromatic rings. The van der Waals surface area contributed by atoms with Crippen molar-refractivity contribution in [3.05, 3.63) is 46.3 Å². The third-order valence-corrected chi connectivity index (χ3v) is 2.17. The fourth-order valence-corrected chi connectivity index (χ4v) is 1.37. The normalized spacial score (nSPS) is 12.4. The molecular formula is C11H11F2N3O2. The van der Waals surface area contributed by atoms with Crippen LogP contribution in [0.1, 0.15) is 18.5 Å². The SMILES string of the molecule is CCOC(=O)C(F)(F)C(N=[N+]=[N-])c1ccccc1. The van der Waals surface area contributed by atoms with E-state index in [1.54, 1.807) is 6.07 Å². The first-order valence-corrected chi connectivity index (χ1v) is 5.18. The summed E-state index contributed by atoms with van der Waals surface area (Å²) in [7, 11) is 0. The number of rotatable bonds is 5. The van der Waals surface area contributed by atoms with Gasteiger partial charge in [0, 0.05) is 4.91 Å². The number of hydrogen-bond acceptors (Lipinski definition) is 3. The highest BCUT2D eigenvalue weighted by Crippen LogP contribution is 2.35. The number of carbonyl (C=O) groups excluding carboxylic acids is 1.